The maximum Gasteiger partial charge on any atom is 0.0333 e. The molecule has 1 aliphatic carbocycles. The van der Waals surface area contributed by atoms with Crippen LogP contribution in [0, 0.1) is 9.49 Å². The molecule has 19 heavy (non-hydrogen) atoms. The zero-order valence-corrected chi connectivity index (χ0v) is 15.3. The molecule has 0 bridgehead atoms. The second-order valence-corrected chi connectivity index (χ2v) is 7.64. The number of halogens is 2. The highest BCUT2D eigenvalue weighted by Crippen LogP contribution is 2.35. The molecule has 0 heterocycles. The monoisotopic (exact) mass is 435 g/mol. The van der Waals surface area contributed by atoms with Gasteiger partial charge in [0.1, 0.15) is 0 Å². The van der Waals surface area contributed by atoms with E-state index in [0.29, 0.717) is 6.04 Å². The summed E-state index contributed by atoms with van der Waals surface area (Å²) in [5, 5.41) is 3.76. The van der Waals surface area contributed by atoms with Gasteiger partial charge in [0.05, 0.1) is 0 Å². The molecule has 0 saturated heterocycles. The number of benzene rings is 1. The Kier molecular flexibility index (Phi) is 6.63. The van der Waals surface area contributed by atoms with Crippen molar-refractivity contribution in [3.8, 4) is 0 Å². The number of hydrogen-bond donors (Lipinski definition) is 1. The van der Waals surface area contributed by atoms with Crippen molar-refractivity contribution in [1.29, 1.82) is 0 Å². The smallest absolute Gasteiger partial charge is 0.0333 e. The molecule has 1 nitrogen and oxygen atoms in total. The predicted octanol–water partition coefficient (Wildman–Crippen LogP) is 5.67. The summed E-state index contributed by atoms with van der Waals surface area (Å²) >= 11 is 6.08. The highest BCUT2D eigenvalue weighted by Gasteiger charge is 2.22. The summed E-state index contributed by atoms with van der Waals surface area (Å²) in [6.45, 7) is 3.35. The minimum absolute atomic E-state index is 0.521. The fraction of sp³-hybridized carbons (Fsp3) is 0.625. The van der Waals surface area contributed by atoms with E-state index in [1.807, 2.05) is 0 Å². The normalized spacial score (nSPS) is 17.8. The summed E-state index contributed by atoms with van der Waals surface area (Å²) in [5.74, 6) is 0.920. The van der Waals surface area contributed by atoms with Crippen LogP contribution in [0.25, 0.3) is 0 Å². The summed E-state index contributed by atoms with van der Waals surface area (Å²) < 4.78 is 2.57. The van der Waals surface area contributed by atoms with Gasteiger partial charge in [0.15, 0.2) is 0 Å². The molecular formula is C16H23BrIN. The zero-order chi connectivity index (χ0) is 13.7. The number of rotatable bonds is 6. The maximum atomic E-state index is 3.76. The molecule has 1 aromatic rings. The standard InChI is InChI=1S/C16H23BrIN/c1-2-9-19-16(10-12-5-3-4-6-12)14-11-13(17)7-8-15(14)18/h7-8,11-12,16,19H,2-6,9-10H2,1H3. The molecule has 0 aromatic heterocycles. The van der Waals surface area contributed by atoms with Gasteiger partial charge in [0.25, 0.3) is 0 Å². The second-order valence-electron chi connectivity index (χ2n) is 5.56. The molecule has 1 aromatic carbocycles. The van der Waals surface area contributed by atoms with Crippen LogP contribution >= 0.6 is 38.5 Å². The largest absolute Gasteiger partial charge is 0.310 e. The second kappa shape index (κ2) is 7.99. The van der Waals surface area contributed by atoms with Crippen LogP contribution in [0.2, 0.25) is 0 Å². The van der Waals surface area contributed by atoms with Gasteiger partial charge in [-0.25, -0.2) is 0 Å². The topological polar surface area (TPSA) is 12.0 Å². The summed E-state index contributed by atoms with van der Waals surface area (Å²) in [5.41, 5.74) is 1.47. The number of nitrogens with one attached hydrogen (secondary N) is 1. The molecule has 0 radical (unpaired) electrons. The van der Waals surface area contributed by atoms with Crippen LogP contribution in [-0.2, 0) is 0 Å². The van der Waals surface area contributed by atoms with Gasteiger partial charge < -0.3 is 5.32 Å². The molecule has 1 saturated carbocycles. The lowest BCUT2D eigenvalue weighted by Gasteiger charge is -2.23. The average Bonchev–Trinajstić information content (AvgIpc) is 2.90. The molecule has 2 rings (SSSR count). The Hall–Kier alpha value is 0.390. The Balaban J connectivity index is 2.12. The SMILES string of the molecule is CCCNC(CC1CCCC1)c1cc(Br)ccc1I. The fourth-order valence-electron chi connectivity index (χ4n) is 3.00. The Morgan fingerprint density at radius 1 is 1.37 bits per heavy atom. The van der Waals surface area contributed by atoms with E-state index in [1.165, 1.54) is 52.1 Å². The molecule has 1 atom stereocenters. The quantitative estimate of drug-likeness (QED) is 0.567. The van der Waals surface area contributed by atoms with E-state index in [9.17, 15) is 0 Å². The van der Waals surface area contributed by atoms with Crippen LogP contribution in [0.4, 0.5) is 0 Å². The van der Waals surface area contributed by atoms with E-state index in [1.54, 1.807) is 0 Å². The van der Waals surface area contributed by atoms with Gasteiger partial charge in [0, 0.05) is 14.1 Å². The molecule has 1 aliphatic rings. The fourth-order valence-corrected chi connectivity index (χ4v) is 4.09. The first-order valence-corrected chi connectivity index (χ1v) is 9.26. The van der Waals surface area contributed by atoms with Gasteiger partial charge >= 0.3 is 0 Å². The Labute approximate surface area is 139 Å². The van der Waals surface area contributed by atoms with Crippen LogP contribution in [0.1, 0.15) is 57.1 Å². The van der Waals surface area contributed by atoms with E-state index in [-0.39, 0.29) is 0 Å². The molecular weight excluding hydrogens is 413 g/mol. The van der Waals surface area contributed by atoms with E-state index in [0.717, 1.165) is 12.5 Å². The molecule has 1 unspecified atom stereocenters. The van der Waals surface area contributed by atoms with Crippen molar-refractivity contribution in [1.82, 2.24) is 5.32 Å². The molecule has 1 fully saturated rings. The van der Waals surface area contributed by atoms with Crippen molar-refractivity contribution < 1.29 is 0 Å². The van der Waals surface area contributed by atoms with Gasteiger partial charge in [-0.1, -0.05) is 48.5 Å². The van der Waals surface area contributed by atoms with Gasteiger partial charge in [-0.2, -0.15) is 0 Å². The first kappa shape index (κ1) is 15.8. The van der Waals surface area contributed by atoms with Gasteiger partial charge in [-0.3, -0.25) is 0 Å². The highest BCUT2D eigenvalue weighted by molar-refractivity contribution is 14.1. The van der Waals surface area contributed by atoms with Crippen molar-refractivity contribution in [2.75, 3.05) is 6.54 Å². The van der Waals surface area contributed by atoms with Crippen molar-refractivity contribution in [2.45, 2.75) is 51.5 Å². The third-order valence-corrected chi connectivity index (χ3v) is 5.49. The first-order chi connectivity index (χ1) is 9.20. The maximum absolute atomic E-state index is 3.76. The molecule has 0 spiro atoms. The van der Waals surface area contributed by atoms with Crippen molar-refractivity contribution in [3.05, 3.63) is 31.8 Å². The summed E-state index contributed by atoms with van der Waals surface area (Å²) in [4.78, 5) is 0. The van der Waals surface area contributed by atoms with Gasteiger partial charge in [-0.05, 0) is 71.7 Å². The zero-order valence-electron chi connectivity index (χ0n) is 11.6. The Bertz CT molecular complexity index is 402. The predicted molar refractivity (Wildman–Crippen MR) is 94.5 cm³/mol. The summed E-state index contributed by atoms with van der Waals surface area (Å²) in [6.07, 6.45) is 8.21. The number of hydrogen-bond acceptors (Lipinski definition) is 1. The molecule has 0 aliphatic heterocycles. The van der Waals surface area contributed by atoms with Crippen LogP contribution in [0.5, 0.6) is 0 Å². The summed E-state index contributed by atoms with van der Waals surface area (Å²) in [6, 6.07) is 7.17. The van der Waals surface area contributed by atoms with E-state index < -0.39 is 0 Å². The average molecular weight is 436 g/mol. The minimum Gasteiger partial charge on any atom is -0.310 e. The van der Waals surface area contributed by atoms with Crippen molar-refractivity contribution in [2.24, 2.45) is 5.92 Å². The van der Waals surface area contributed by atoms with E-state index >= 15 is 0 Å². The molecule has 3 heteroatoms. The lowest BCUT2D eigenvalue weighted by molar-refractivity contribution is 0.394. The Morgan fingerprint density at radius 3 is 2.79 bits per heavy atom. The van der Waals surface area contributed by atoms with Crippen LogP contribution in [-0.4, -0.2) is 6.54 Å². The summed E-state index contributed by atoms with van der Waals surface area (Å²) in [7, 11) is 0. The Morgan fingerprint density at radius 2 is 2.11 bits per heavy atom. The molecule has 1 N–H and O–H groups in total. The minimum atomic E-state index is 0.521. The van der Waals surface area contributed by atoms with Crippen molar-refractivity contribution in [3.63, 3.8) is 0 Å². The molecule has 106 valence electrons. The van der Waals surface area contributed by atoms with Crippen LogP contribution in [0.15, 0.2) is 22.7 Å². The third-order valence-electron chi connectivity index (χ3n) is 4.02. The first-order valence-electron chi connectivity index (χ1n) is 7.39. The van der Waals surface area contributed by atoms with Gasteiger partial charge in [0.2, 0.25) is 0 Å². The third kappa shape index (κ3) is 4.71. The van der Waals surface area contributed by atoms with Crippen LogP contribution in [0.3, 0.4) is 0 Å². The lowest BCUT2D eigenvalue weighted by Crippen LogP contribution is -2.25. The van der Waals surface area contributed by atoms with E-state index in [4.69, 9.17) is 0 Å². The van der Waals surface area contributed by atoms with E-state index in [2.05, 4.69) is 69.0 Å². The van der Waals surface area contributed by atoms with Crippen molar-refractivity contribution >= 4 is 38.5 Å². The van der Waals surface area contributed by atoms with Crippen LogP contribution < -0.4 is 5.32 Å². The van der Waals surface area contributed by atoms with Gasteiger partial charge in [-0.15, -0.1) is 0 Å². The molecule has 0 amide bonds. The highest BCUT2D eigenvalue weighted by atomic mass is 127. The lowest BCUT2D eigenvalue weighted by atomic mass is 9.93.